The monoisotopic (exact) mass is 368 g/mol. The van der Waals surface area contributed by atoms with Gasteiger partial charge < -0.3 is 19.9 Å². The summed E-state index contributed by atoms with van der Waals surface area (Å²) in [6, 6.07) is 7.44. The topological polar surface area (TPSA) is 80.7 Å². The summed E-state index contributed by atoms with van der Waals surface area (Å²) in [5.74, 6) is 0.716. The van der Waals surface area contributed by atoms with E-state index >= 15 is 0 Å². The first-order valence-corrected chi connectivity index (χ1v) is 8.73. The lowest BCUT2D eigenvalue weighted by Crippen LogP contribution is -2.47. The van der Waals surface area contributed by atoms with Gasteiger partial charge in [0.25, 0.3) is 0 Å². The molecule has 8 heteroatoms. The van der Waals surface area contributed by atoms with Gasteiger partial charge in [0.15, 0.2) is 0 Å². The van der Waals surface area contributed by atoms with Crippen LogP contribution in [0.4, 0.5) is 4.79 Å². The molecule has 1 aromatic carbocycles. The number of amides is 1. The maximum absolute atomic E-state index is 10.9. The highest BCUT2D eigenvalue weighted by molar-refractivity contribution is 7.18. The average Bonchev–Trinajstić information content (AvgIpc) is 3.00. The highest BCUT2D eigenvalue weighted by atomic mass is 35.5. The third kappa shape index (κ3) is 4.37. The van der Waals surface area contributed by atoms with Gasteiger partial charge in [-0.15, -0.1) is 11.3 Å². The maximum Gasteiger partial charge on any atom is 0.404 e. The second-order valence-corrected chi connectivity index (χ2v) is 7.15. The quantitative estimate of drug-likeness (QED) is 0.844. The van der Waals surface area contributed by atoms with Crippen molar-refractivity contribution in [1.82, 2.24) is 10.3 Å². The third-order valence-corrected chi connectivity index (χ3v) is 4.99. The zero-order valence-corrected chi connectivity index (χ0v) is 14.3. The summed E-state index contributed by atoms with van der Waals surface area (Å²) in [7, 11) is 0. The van der Waals surface area contributed by atoms with Crippen molar-refractivity contribution in [3.63, 3.8) is 0 Å². The number of halogens is 1. The summed E-state index contributed by atoms with van der Waals surface area (Å²) in [6.45, 7) is 1.44. The van der Waals surface area contributed by atoms with Crippen molar-refractivity contribution in [1.29, 1.82) is 0 Å². The van der Waals surface area contributed by atoms with E-state index in [0.717, 1.165) is 16.3 Å². The lowest BCUT2D eigenvalue weighted by Gasteiger charge is -2.31. The highest BCUT2D eigenvalue weighted by Crippen LogP contribution is 2.29. The lowest BCUT2D eigenvalue weighted by molar-refractivity contribution is 0.0140. The molecule has 1 aliphatic rings. The molecule has 2 atom stereocenters. The Morgan fingerprint density at radius 1 is 1.46 bits per heavy atom. The van der Waals surface area contributed by atoms with Crippen molar-refractivity contribution in [2.45, 2.75) is 12.5 Å². The predicted octanol–water partition coefficient (Wildman–Crippen LogP) is 3.52. The van der Waals surface area contributed by atoms with Crippen LogP contribution in [0.2, 0.25) is 4.34 Å². The van der Waals surface area contributed by atoms with E-state index < -0.39 is 6.09 Å². The first-order valence-electron chi connectivity index (χ1n) is 7.53. The van der Waals surface area contributed by atoms with Crippen molar-refractivity contribution in [3.8, 4) is 16.3 Å². The summed E-state index contributed by atoms with van der Waals surface area (Å²) in [4.78, 5) is 15.1. The van der Waals surface area contributed by atoms with Crippen LogP contribution < -0.4 is 10.1 Å². The number of benzene rings is 1. The minimum Gasteiger partial charge on any atom is -0.493 e. The number of hydrogen-bond acceptors (Lipinski definition) is 5. The molecule has 1 fully saturated rings. The van der Waals surface area contributed by atoms with Gasteiger partial charge in [-0.2, -0.15) is 0 Å². The molecule has 2 N–H and O–H groups in total. The molecule has 0 aliphatic carbocycles. The molecule has 3 rings (SSSR count). The van der Waals surface area contributed by atoms with Crippen LogP contribution in [-0.4, -0.2) is 42.0 Å². The molecule has 128 valence electrons. The summed E-state index contributed by atoms with van der Waals surface area (Å²) in [6.07, 6.45) is 1.27. The Morgan fingerprint density at radius 3 is 2.92 bits per heavy atom. The minimum absolute atomic E-state index is 0.00713. The van der Waals surface area contributed by atoms with Crippen molar-refractivity contribution in [2.24, 2.45) is 5.92 Å². The fourth-order valence-corrected chi connectivity index (χ4v) is 3.51. The zero-order chi connectivity index (χ0) is 16.9. The molecular weight excluding hydrogens is 352 g/mol. The van der Waals surface area contributed by atoms with Gasteiger partial charge in [-0.25, -0.2) is 9.78 Å². The molecule has 0 radical (unpaired) electrons. The molecule has 6 nitrogen and oxygen atoms in total. The van der Waals surface area contributed by atoms with Crippen LogP contribution in [-0.2, 0) is 4.74 Å². The van der Waals surface area contributed by atoms with Crippen LogP contribution >= 0.6 is 22.9 Å². The van der Waals surface area contributed by atoms with E-state index in [1.165, 1.54) is 11.3 Å². The third-order valence-electron chi connectivity index (χ3n) is 3.83. The Labute approximate surface area is 148 Å². The smallest absolute Gasteiger partial charge is 0.404 e. The molecule has 2 aromatic rings. The van der Waals surface area contributed by atoms with Crippen LogP contribution in [0.3, 0.4) is 0 Å². The van der Waals surface area contributed by atoms with Gasteiger partial charge in [0, 0.05) is 24.1 Å². The van der Waals surface area contributed by atoms with E-state index in [-0.39, 0.29) is 12.0 Å². The van der Waals surface area contributed by atoms with Crippen molar-refractivity contribution in [2.75, 3.05) is 19.8 Å². The van der Waals surface area contributed by atoms with E-state index in [2.05, 4.69) is 10.3 Å². The fourth-order valence-electron chi connectivity index (χ4n) is 2.59. The van der Waals surface area contributed by atoms with E-state index in [1.54, 1.807) is 6.20 Å². The molecule has 2 unspecified atom stereocenters. The van der Waals surface area contributed by atoms with E-state index in [0.29, 0.717) is 30.6 Å². The molecular formula is C16H17ClN2O4S. The highest BCUT2D eigenvalue weighted by Gasteiger charge is 2.27. The van der Waals surface area contributed by atoms with Gasteiger partial charge in [0.05, 0.1) is 19.4 Å². The number of ether oxygens (including phenoxy) is 2. The Hall–Kier alpha value is -1.83. The number of rotatable bonds is 5. The number of aromatic nitrogens is 1. The molecule has 1 aromatic heterocycles. The largest absolute Gasteiger partial charge is 0.493 e. The summed E-state index contributed by atoms with van der Waals surface area (Å²) < 4.78 is 11.9. The van der Waals surface area contributed by atoms with Crippen molar-refractivity contribution < 1.29 is 19.4 Å². The normalized spacial score (nSPS) is 20.5. The summed E-state index contributed by atoms with van der Waals surface area (Å²) >= 11 is 7.32. The number of carboxylic acid groups (broad SMARTS) is 1. The SMILES string of the molecule is O=C(O)NC1CCOCC1COc1ccc(-c2ncc(Cl)s2)cc1. The summed E-state index contributed by atoms with van der Waals surface area (Å²) in [5, 5.41) is 12.3. The molecule has 24 heavy (non-hydrogen) atoms. The van der Waals surface area contributed by atoms with Crippen LogP contribution in [0.5, 0.6) is 5.75 Å². The van der Waals surface area contributed by atoms with Gasteiger partial charge in [-0.05, 0) is 30.7 Å². The molecule has 0 bridgehead atoms. The van der Waals surface area contributed by atoms with Gasteiger partial charge >= 0.3 is 6.09 Å². The first kappa shape index (κ1) is 17.0. The van der Waals surface area contributed by atoms with Gasteiger partial charge in [-0.1, -0.05) is 11.6 Å². The first-order chi connectivity index (χ1) is 11.6. The van der Waals surface area contributed by atoms with Crippen LogP contribution in [0.1, 0.15) is 6.42 Å². The Balaban J connectivity index is 1.58. The number of thiazole rings is 1. The van der Waals surface area contributed by atoms with Gasteiger partial charge in [0.1, 0.15) is 15.1 Å². The van der Waals surface area contributed by atoms with Gasteiger partial charge in [-0.3, -0.25) is 0 Å². The molecule has 0 spiro atoms. The minimum atomic E-state index is -1.02. The number of hydrogen-bond donors (Lipinski definition) is 2. The van der Waals surface area contributed by atoms with E-state index in [4.69, 9.17) is 26.2 Å². The van der Waals surface area contributed by atoms with Gasteiger partial charge in [0.2, 0.25) is 0 Å². The number of nitrogens with zero attached hydrogens (tertiary/aromatic N) is 1. The van der Waals surface area contributed by atoms with Crippen LogP contribution in [0.25, 0.3) is 10.6 Å². The fraction of sp³-hybridized carbons (Fsp3) is 0.375. The Morgan fingerprint density at radius 2 is 2.25 bits per heavy atom. The maximum atomic E-state index is 10.9. The Kier molecular flexibility index (Phi) is 5.55. The standard InChI is InChI=1S/C16H17ClN2O4S/c17-14-7-18-15(24-14)10-1-3-12(4-2-10)23-9-11-8-22-6-5-13(11)19-16(20)21/h1-4,7,11,13,19H,5-6,8-9H2,(H,20,21). The van der Waals surface area contributed by atoms with Crippen LogP contribution in [0, 0.1) is 5.92 Å². The molecule has 1 aliphatic heterocycles. The second kappa shape index (κ2) is 7.83. The van der Waals surface area contributed by atoms with E-state index in [9.17, 15) is 4.79 Å². The van der Waals surface area contributed by atoms with Crippen molar-refractivity contribution in [3.05, 3.63) is 34.8 Å². The number of nitrogens with one attached hydrogen (secondary N) is 1. The Bertz CT molecular complexity index is 692. The molecule has 2 heterocycles. The molecule has 1 saturated heterocycles. The zero-order valence-electron chi connectivity index (χ0n) is 12.8. The predicted molar refractivity (Wildman–Crippen MR) is 91.9 cm³/mol. The second-order valence-electron chi connectivity index (χ2n) is 5.48. The average molecular weight is 369 g/mol. The molecule has 0 saturated carbocycles. The molecule has 1 amide bonds. The number of carbonyl (C=O) groups is 1. The van der Waals surface area contributed by atoms with E-state index in [1.807, 2.05) is 24.3 Å². The van der Waals surface area contributed by atoms with Crippen molar-refractivity contribution >= 4 is 29.0 Å². The summed E-state index contributed by atoms with van der Waals surface area (Å²) in [5.41, 5.74) is 0.977. The van der Waals surface area contributed by atoms with Crippen LogP contribution in [0.15, 0.2) is 30.5 Å². The lowest BCUT2D eigenvalue weighted by atomic mass is 9.97.